The standard InChI is InChI=1S/C15H21NO2/c1-12(17)14-7-2-3-8-15(14)18-11-9-13-6-4-5-10-16-13/h2-3,7-8,13,16H,4-6,9-11H2,1H3/t13-/m0/s1. The molecule has 2 rings (SSSR count). The van der Waals surface area contributed by atoms with E-state index in [4.69, 9.17) is 4.74 Å². The van der Waals surface area contributed by atoms with E-state index in [1.807, 2.05) is 24.3 Å². The Kier molecular flexibility index (Phi) is 4.76. The van der Waals surface area contributed by atoms with Gasteiger partial charge in [-0.3, -0.25) is 4.79 Å². The van der Waals surface area contributed by atoms with Crippen molar-refractivity contribution in [1.29, 1.82) is 0 Å². The fourth-order valence-corrected chi connectivity index (χ4v) is 2.36. The van der Waals surface area contributed by atoms with Crippen LogP contribution in [0.5, 0.6) is 5.75 Å². The van der Waals surface area contributed by atoms with Gasteiger partial charge in [-0.25, -0.2) is 0 Å². The van der Waals surface area contributed by atoms with Gasteiger partial charge in [0, 0.05) is 6.04 Å². The summed E-state index contributed by atoms with van der Waals surface area (Å²) in [4.78, 5) is 11.4. The predicted molar refractivity (Wildman–Crippen MR) is 72.2 cm³/mol. The molecule has 1 aromatic carbocycles. The Hall–Kier alpha value is -1.35. The molecule has 18 heavy (non-hydrogen) atoms. The zero-order chi connectivity index (χ0) is 12.8. The number of carbonyl (C=O) groups is 1. The Labute approximate surface area is 109 Å². The van der Waals surface area contributed by atoms with E-state index < -0.39 is 0 Å². The van der Waals surface area contributed by atoms with E-state index in [0.29, 0.717) is 24.0 Å². The zero-order valence-corrected chi connectivity index (χ0v) is 10.9. The number of nitrogens with one attached hydrogen (secondary N) is 1. The second-order valence-electron chi connectivity index (χ2n) is 4.84. The third-order valence-electron chi connectivity index (χ3n) is 3.40. The summed E-state index contributed by atoms with van der Waals surface area (Å²) < 4.78 is 5.74. The molecule has 1 atom stereocenters. The Morgan fingerprint density at radius 1 is 1.39 bits per heavy atom. The number of hydrogen-bond donors (Lipinski definition) is 1. The maximum atomic E-state index is 11.4. The van der Waals surface area contributed by atoms with Crippen molar-refractivity contribution in [2.24, 2.45) is 0 Å². The summed E-state index contributed by atoms with van der Waals surface area (Å²) in [6.07, 6.45) is 4.83. The highest BCUT2D eigenvalue weighted by Crippen LogP contribution is 2.19. The summed E-state index contributed by atoms with van der Waals surface area (Å²) in [5.74, 6) is 0.766. The number of Topliss-reactive ketones (excluding diaryl/α,β-unsaturated/α-hetero) is 1. The largest absolute Gasteiger partial charge is 0.493 e. The number of hydrogen-bond acceptors (Lipinski definition) is 3. The van der Waals surface area contributed by atoms with Crippen LogP contribution in [-0.4, -0.2) is 25.0 Å². The molecule has 1 aliphatic heterocycles. The van der Waals surface area contributed by atoms with Crippen LogP contribution < -0.4 is 10.1 Å². The Morgan fingerprint density at radius 3 is 2.94 bits per heavy atom. The molecule has 1 aliphatic rings. The SMILES string of the molecule is CC(=O)c1ccccc1OCC[C@@H]1CCCCN1. The number of ketones is 1. The Morgan fingerprint density at radius 2 is 2.22 bits per heavy atom. The lowest BCUT2D eigenvalue weighted by Gasteiger charge is -2.23. The van der Waals surface area contributed by atoms with Gasteiger partial charge in [0.05, 0.1) is 12.2 Å². The van der Waals surface area contributed by atoms with Crippen LogP contribution in [0.3, 0.4) is 0 Å². The fraction of sp³-hybridized carbons (Fsp3) is 0.533. The van der Waals surface area contributed by atoms with E-state index in [-0.39, 0.29) is 5.78 Å². The maximum absolute atomic E-state index is 11.4. The van der Waals surface area contributed by atoms with E-state index in [0.717, 1.165) is 13.0 Å². The minimum Gasteiger partial charge on any atom is -0.493 e. The lowest BCUT2D eigenvalue weighted by atomic mass is 10.0. The van der Waals surface area contributed by atoms with E-state index in [1.54, 1.807) is 6.92 Å². The summed E-state index contributed by atoms with van der Waals surface area (Å²) in [6.45, 7) is 3.36. The van der Waals surface area contributed by atoms with Gasteiger partial charge >= 0.3 is 0 Å². The quantitative estimate of drug-likeness (QED) is 0.813. The van der Waals surface area contributed by atoms with Crippen molar-refractivity contribution in [1.82, 2.24) is 5.32 Å². The van der Waals surface area contributed by atoms with Gasteiger partial charge in [-0.15, -0.1) is 0 Å². The Bertz CT molecular complexity index is 397. The summed E-state index contributed by atoms with van der Waals surface area (Å²) in [6, 6.07) is 8.03. The lowest BCUT2D eigenvalue weighted by Crippen LogP contribution is -2.35. The Balaban J connectivity index is 1.84. The molecule has 3 nitrogen and oxygen atoms in total. The van der Waals surface area contributed by atoms with E-state index in [2.05, 4.69) is 5.32 Å². The van der Waals surface area contributed by atoms with Gasteiger partial charge in [0.2, 0.25) is 0 Å². The first-order valence-electron chi connectivity index (χ1n) is 6.73. The van der Waals surface area contributed by atoms with Crippen LogP contribution in [0.4, 0.5) is 0 Å². The molecular weight excluding hydrogens is 226 g/mol. The van der Waals surface area contributed by atoms with Gasteiger partial charge < -0.3 is 10.1 Å². The van der Waals surface area contributed by atoms with Gasteiger partial charge in [0.15, 0.2) is 5.78 Å². The van der Waals surface area contributed by atoms with Gasteiger partial charge in [0.1, 0.15) is 5.75 Å². The third kappa shape index (κ3) is 3.57. The number of rotatable bonds is 5. The van der Waals surface area contributed by atoms with Gasteiger partial charge in [0.25, 0.3) is 0 Å². The molecule has 98 valence electrons. The number of benzene rings is 1. The molecule has 0 radical (unpaired) electrons. The van der Waals surface area contributed by atoms with E-state index in [1.165, 1.54) is 19.3 Å². The molecule has 1 N–H and O–H groups in total. The molecule has 0 saturated carbocycles. The first-order valence-corrected chi connectivity index (χ1v) is 6.73. The highest BCUT2D eigenvalue weighted by molar-refractivity contribution is 5.96. The minimum absolute atomic E-state index is 0.0568. The molecule has 0 aliphatic carbocycles. The summed E-state index contributed by atoms with van der Waals surface area (Å²) in [5.41, 5.74) is 0.675. The van der Waals surface area contributed by atoms with E-state index >= 15 is 0 Å². The molecule has 0 amide bonds. The maximum Gasteiger partial charge on any atom is 0.163 e. The number of ether oxygens (including phenoxy) is 1. The van der Waals surface area contributed by atoms with Crippen LogP contribution in [0.1, 0.15) is 43.0 Å². The number of piperidine rings is 1. The van der Waals surface area contributed by atoms with Gasteiger partial charge in [-0.2, -0.15) is 0 Å². The van der Waals surface area contributed by atoms with Crippen molar-refractivity contribution in [2.45, 2.75) is 38.6 Å². The molecule has 0 aromatic heterocycles. The van der Waals surface area contributed by atoms with Crippen LogP contribution in [-0.2, 0) is 0 Å². The summed E-state index contributed by atoms with van der Waals surface area (Å²) >= 11 is 0. The van der Waals surface area contributed by atoms with Crippen molar-refractivity contribution in [3.05, 3.63) is 29.8 Å². The molecule has 0 spiro atoms. The predicted octanol–water partition coefficient (Wildman–Crippen LogP) is 2.80. The smallest absolute Gasteiger partial charge is 0.163 e. The van der Waals surface area contributed by atoms with Crippen LogP contribution in [0.25, 0.3) is 0 Å². The average Bonchev–Trinajstić information content (AvgIpc) is 2.40. The first kappa shape index (κ1) is 13.1. The van der Waals surface area contributed by atoms with Crippen molar-refractivity contribution in [2.75, 3.05) is 13.2 Å². The third-order valence-corrected chi connectivity index (χ3v) is 3.40. The van der Waals surface area contributed by atoms with Crippen LogP contribution in [0, 0.1) is 0 Å². The molecule has 3 heteroatoms. The topological polar surface area (TPSA) is 38.3 Å². The normalized spacial score (nSPS) is 19.5. The highest BCUT2D eigenvalue weighted by atomic mass is 16.5. The first-order chi connectivity index (χ1) is 8.77. The second kappa shape index (κ2) is 6.55. The van der Waals surface area contributed by atoms with Crippen LogP contribution in [0.15, 0.2) is 24.3 Å². The molecule has 1 fully saturated rings. The second-order valence-corrected chi connectivity index (χ2v) is 4.84. The molecular formula is C15H21NO2. The van der Waals surface area contributed by atoms with Crippen molar-refractivity contribution in [3.63, 3.8) is 0 Å². The molecule has 1 heterocycles. The highest BCUT2D eigenvalue weighted by Gasteiger charge is 2.13. The fourth-order valence-electron chi connectivity index (χ4n) is 2.36. The zero-order valence-electron chi connectivity index (χ0n) is 10.9. The van der Waals surface area contributed by atoms with Crippen molar-refractivity contribution in [3.8, 4) is 5.75 Å². The molecule has 0 bridgehead atoms. The number of para-hydroxylation sites is 1. The van der Waals surface area contributed by atoms with Crippen molar-refractivity contribution < 1.29 is 9.53 Å². The molecule has 1 aromatic rings. The van der Waals surface area contributed by atoms with Gasteiger partial charge in [-0.1, -0.05) is 18.6 Å². The van der Waals surface area contributed by atoms with E-state index in [9.17, 15) is 4.79 Å². The summed E-state index contributed by atoms with van der Waals surface area (Å²) in [5, 5.41) is 3.50. The van der Waals surface area contributed by atoms with Crippen molar-refractivity contribution >= 4 is 5.78 Å². The number of carbonyl (C=O) groups excluding carboxylic acids is 1. The molecule has 0 unspecified atom stereocenters. The minimum atomic E-state index is 0.0568. The summed E-state index contributed by atoms with van der Waals surface area (Å²) in [7, 11) is 0. The molecule has 1 saturated heterocycles. The van der Waals surface area contributed by atoms with Crippen LogP contribution in [0.2, 0.25) is 0 Å². The monoisotopic (exact) mass is 247 g/mol. The lowest BCUT2D eigenvalue weighted by molar-refractivity contribution is 0.101. The van der Waals surface area contributed by atoms with Gasteiger partial charge in [-0.05, 0) is 44.9 Å². The average molecular weight is 247 g/mol. The van der Waals surface area contributed by atoms with Crippen LogP contribution >= 0.6 is 0 Å².